The Hall–Kier alpha value is -2.49. The largest absolute Gasteiger partial charge is 0.397 e. The first-order valence-electron chi connectivity index (χ1n) is 7.01. The summed E-state index contributed by atoms with van der Waals surface area (Å²) < 4.78 is 0. The standard InChI is InChI=1S/C17H21N3O/c1-4-19-17(21)13-9-10-14(18)16(11-13)20(3)15-8-6-5-7-12(15)2/h5-11H,4,18H2,1-3H3,(H,19,21). The van der Waals surface area contributed by atoms with Gasteiger partial charge in [0, 0.05) is 24.8 Å². The highest BCUT2D eigenvalue weighted by Crippen LogP contribution is 2.31. The zero-order chi connectivity index (χ0) is 15.4. The van der Waals surface area contributed by atoms with E-state index in [-0.39, 0.29) is 5.91 Å². The van der Waals surface area contributed by atoms with Gasteiger partial charge in [0.25, 0.3) is 5.91 Å². The quantitative estimate of drug-likeness (QED) is 0.848. The summed E-state index contributed by atoms with van der Waals surface area (Å²) in [4.78, 5) is 14.0. The molecule has 0 aliphatic heterocycles. The number of anilines is 3. The number of nitrogens with one attached hydrogen (secondary N) is 1. The third-order valence-electron chi connectivity index (χ3n) is 3.47. The topological polar surface area (TPSA) is 58.4 Å². The van der Waals surface area contributed by atoms with Crippen LogP contribution < -0.4 is 16.0 Å². The third kappa shape index (κ3) is 3.16. The first-order valence-corrected chi connectivity index (χ1v) is 7.01. The number of carbonyl (C=O) groups excluding carboxylic acids is 1. The molecule has 0 radical (unpaired) electrons. The van der Waals surface area contributed by atoms with Crippen LogP contribution in [0, 0.1) is 6.92 Å². The van der Waals surface area contributed by atoms with Crippen molar-refractivity contribution in [1.82, 2.24) is 5.32 Å². The molecule has 2 aromatic rings. The van der Waals surface area contributed by atoms with Crippen LogP contribution in [0.15, 0.2) is 42.5 Å². The van der Waals surface area contributed by atoms with Gasteiger partial charge in [-0.15, -0.1) is 0 Å². The highest BCUT2D eigenvalue weighted by atomic mass is 16.1. The van der Waals surface area contributed by atoms with Gasteiger partial charge in [0.05, 0.1) is 11.4 Å². The zero-order valence-corrected chi connectivity index (χ0v) is 12.7. The van der Waals surface area contributed by atoms with Crippen LogP contribution in [0.1, 0.15) is 22.8 Å². The third-order valence-corrected chi connectivity index (χ3v) is 3.47. The van der Waals surface area contributed by atoms with Gasteiger partial charge in [0.1, 0.15) is 0 Å². The van der Waals surface area contributed by atoms with Gasteiger partial charge >= 0.3 is 0 Å². The summed E-state index contributed by atoms with van der Waals surface area (Å²) in [5, 5.41) is 2.80. The van der Waals surface area contributed by atoms with E-state index in [1.165, 1.54) is 0 Å². The average Bonchev–Trinajstić information content (AvgIpc) is 2.48. The Balaban J connectivity index is 2.41. The highest BCUT2D eigenvalue weighted by molar-refractivity contribution is 5.96. The fourth-order valence-electron chi connectivity index (χ4n) is 2.31. The van der Waals surface area contributed by atoms with Crippen molar-refractivity contribution in [2.24, 2.45) is 0 Å². The molecule has 0 bridgehead atoms. The summed E-state index contributed by atoms with van der Waals surface area (Å²) in [5.41, 5.74) is 10.4. The maximum absolute atomic E-state index is 12.0. The van der Waals surface area contributed by atoms with Crippen molar-refractivity contribution in [2.45, 2.75) is 13.8 Å². The molecule has 0 aliphatic rings. The number of para-hydroxylation sites is 1. The van der Waals surface area contributed by atoms with E-state index in [0.717, 1.165) is 16.9 Å². The van der Waals surface area contributed by atoms with Crippen molar-refractivity contribution < 1.29 is 4.79 Å². The fraction of sp³-hybridized carbons (Fsp3) is 0.235. The molecule has 21 heavy (non-hydrogen) atoms. The van der Waals surface area contributed by atoms with Crippen LogP contribution in [0.2, 0.25) is 0 Å². The van der Waals surface area contributed by atoms with Crippen LogP contribution in [0.3, 0.4) is 0 Å². The number of amides is 1. The van der Waals surface area contributed by atoms with Crippen LogP contribution in [-0.4, -0.2) is 19.5 Å². The van der Waals surface area contributed by atoms with Gasteiger partial charge in [-0.1, -0.05) is 18.2 Å². The molecule has 0 saturated heterocycles. The SMILES string of the molecule is CCNC(=O)c1ccc(N)c(N(C)c2ccccc2C)c1. The number of rotatable bonds is 4. The summed E-state index contributed by atoms with van der Waals surface area (Å²) in [6, 6.07) is 13.4. The minimum Gasteiger partial charge on any atom is -0.397 e. The van der Waals surface area contributed by atoms with Gasteiger partial charge in [-0.2, -0.15) is 0 Å². The van der Waals surface area contributed by atoms with E-state index in [0.29, 0.717) is 17.8 Å². The molecule has 2 aromatic carbocycles. The van der Waals surface area contributed by atoms with Crippen molar-refractivity contribution in [2.75, 3.05) is 24.2 Å². The molecule has 1 amide bonds. The van der Waals surface area contributed by atoms with Crippen molar-refractivity contribution >= 4 is 23.0 Å². The number of hydrogen-bond donors (Lipinski definition) is 2. The first-order chi connectivity index (χ1) is 10.0. The van der Waals surface area contributed by atoms with Crippen molar-refractivity contribution in [3.63, 3.8) is 0 Å². The minimum atomic E-state index is -0.0862. The van der Waals surface area contributed by atoms with Gasteiger partial charge in [0.2, 0.25) is 0 Å². The molecule has 0 atom stereocenters. The average molecular weight is 283 g/mol. The number of nitrogen functional groups attached to an aromatic ring is 1. The molecule has 2 rings (SSSR count). The summed E-state index contributed by atoms with van der Waals surface area (Å²) >= 11 is 0. The van der Waals surface area contributed by atoms with E-state index < -0.39 is 0 Å². The summed E-state index contributed by atoms with van der Waals surface area (Å²) in [5.74, 6) is -0.0862. The van der Waals surface area contributed by atoms with Crippen LogP contribution in [0.25, 0.3) is 0 Å². The van der Waals surface area contributed by atoms with Crippen LogP contribution in [0.4, 0.5) is 17.1 Å². The lowest BCUT2D eigenvalue weighted by Crippen LogP contribution is -2.23. The number of nitrogens with zero attached hydrogens (tertiary/aromatic N) is 1. The van der Waals surface area contributed by atoms with E-state index in [1.807, 2.05) is 43.1 Å². The van der Waals surface area contributed by atoms with E-state index >= 15 is 0 Å². The van der Waals surface area contributed by atoms with Crippen molar-refractivity contribution in [1.29, 1.82) is 0 Å². The lowest BCUT2D eigenvalue weighted by molar-refractivity contribution is 0.0956. The van der Waals surface area contributed by atoms with E-state index in [1.54, 1.807) is 12.1 Å². The molecule has 3 N–H and O–H groups in total. The fourth-order valence-corrected chi connectivity index (χ4v) is 2.31. The van der Waals surface area contributed by atoms with Crippen molar-refractivity contribution in [3.8, 4) is 0 Å². The van der Waals surface area contributed by atoms with E-state index in [4.69, 9.17) is 5.73 Å². The molecule has 0 saturated carbocycles. The monoisotopic (exact) mass is 283 g/mol. The smallest absolute Gasteiger partial charge is 0.251 e. The Labute approximate surface area is 125 Å². The van der Waals surface area contributed by atoms with Gasteiger partial charge in [-0.05, 0) is 43.7 Å². The van der Waals surface area contributed by atoms with Crippen LogP contribution in [-0.2, 0) is 0 Å². The van der Waals surface area contributed by atoms with Gasteiger partial charge in [-0.25, -0.2) is 0 Å². The Kier molecular flexibility index (Phi) is 4.48. The number of carbonyl (C=O) groups is 1. The Morgan fingerprint density at radius 2 is 1.90 bits per heavy atom. The number of aryl methyl sites for hydroxylation is 1. The lowest BCUT2D eigenvalue weighted by atomic mass is 10.1. The molecule has 110 valence electrons. The molecule has 0 heterocycles. The molecular formula is C17H21N3O. The minimum absolute atomic E-state index is 0.0862. The Morgan fingerprint density at radius 1 is 1.19 bits per heavy atom. The Bertz CT molecular complexity index is 652. The molecule has 4 heteroatoms. The van der Waals surface area contributed by atoms with Crippen LogP contribution in [0.5, 0.6) is 0 Å². The second-order valence-corrected chi connectivity index (χ2v) is 4.98. The zero-order valence-electron chi connectivity index (χ0n) is 12.7. The molecule has 0 fully saturated rings. The van der Waals surface area contributed by atoms with E-state index in [2.05, 4.69) is 18.3 Å². The van der Waals surface area contributed by atoms with Crippen molar-refractivity contribution in [3.05, 3.63) is 53.6 Å². The lowest BCUT2D eigenvalue weighted by Gasteiger charge is -2.23. The second-order valence-electron chi connectivity index (χ2n) is 4.98. The van der Waals surface area contributed by atoms with E-state index in [9.17, 15) is 4.79 Å². The summed E-state index contributed by atoms with van der Waals surface area (Å²) in [6.07, 6.45) is 0. The Morgan fingerprint density at radius 3 is 2.57 bits per heavy atom. The predicted molar refractivity (Wildman–Crippen MR) is 88.1 cm³/mol. The molecule has 4 nitrogen and oxygen atoms in total. The number of benzene rings is 2. The maximum atomic E-state index is 12.0. The predicted octanol–water partition coefficient (Wildman–Crippen LogP) is 3.09. The second kappa shape index (κ2) is 6.31. The van der Waals surface area contributed by atoms with Gasteiger partial charge in [0.15, 0.2) is 0 Å². The maximum Gasteiger partial charge on any atom is 0.251 e. The molecule has 0 aliphatic carbocycles. The highest BCUT2D eigenvalue weighted by Gasteiger charge is 2.13. The molecule has 0 spiro atoms. The molecular weight excluding hydrogens is 262 g/mol. The number of nitrogens with two attached hydrogens (primary N) is 1. The summed E-state index contributed by atoms with van der Waals surface area (Å²) in [6.45, 7) is 4.55. The summed E-state index contributed by atoms with van der Waals surface area (Å²) in [7, 11) is 1.95. The van der Waals surface area contributed by atoms with Crippen LogP contribution >= 0.6 is 0 Å². The molecule has 0 aromatic heterocycles. The molecule has 0 unspecified atom stereocenters. The van der Waals surface area contributed by atoms with Gasteiger partial charge < -0.3 is 16.0 Å². The normalized spacial score (nSPS) is 10.2. The van der Waals surface area contributed by atoms with Gasteiger partial charge in [-0.3, -0.25) is 4.79 Å². The number of hydrogen-bond acceptors (Lipinski definition) is 3. The first kappa shape index (κ1) is 14.9.